The summed E-state index contributed by atoms with van der Waals surface area (Å²) in [6.45, 7) is 0.0839. The molecule has 0 spiro atoms. The molecule has 1 atom stereocenters. The molecule has 0 aliphatic heterocycles. The van der Waals surface area contributed by atoms with Crippen LogP contribution in [0.4, 0.5) is 0 Å². The predicted octanol–water partition coefficient (Wildman–Crippen LogP) is 2.35. The number of rotatable bonds is 7. The van der Waals surface area contributed by atoms with Crippen molar-refractivity contribution in [1.82, 2.24) is 15.1 Å². The Hall–Kier alpha value is -3.32. The second-order valence-electron chi connectivity index (χ2n) is 5.84. The fourth-order valence-corrected chi connectivity index (χ4v) is 2.55. The molecule has 27 heavy (non-hydrogen) atoms. The van der Waals surface area contributed by atoms with Gasteiger partial charge in [-0.05, 0) is 48.0 Å². The molecule has 1 amide bonds. The van der Waals surface area contributed by atoms with Gasteiger partial charge < -0.3 is 19.9 Å². The maximum Gasteiger partial charge on any atom is 0.271 e. The van der Waals surface area contributed by atoms with Crippen LogP contribution in [-0.2, 0) is 0 Å². The van der Waals surface area contributed by atoms with Crippen LogP contribution in [-0.4, -0.2) is 41.6 Å². The largest absolute Gasteiger partial charge is 0.497 e. The van der Waals surface area contributed by atoms with Crippen molar-refractivity contribution in [3.8, 4) is 17.2 Å². The number of aromatic nitrogens is 2. The number of amides is 1. The van der Waals surface area contributed by atoms with E-state index in [4.69, 9.17) is 9.47 Å². The summed E-state index contributed by atoms with van der Waals surface area (Å²) in [4.78, 5) is 12.3. The Balaban J connectivity index is 1.60. The van der Waals surface area contributed by atoms with Crippen LogP contribution in [0.5, 0.6) is 11.5 Å². The third-order valence-corrected chi connectivity index (χ3v) is 4.12. The lowest BCUT2D eigenvalue weighted by molar-refractivity contribution is 0.0911. The van der Waals surface area contributed by atoms with Crippen molar-refractivity contribution in [2.24, 2.45) is 0 Å². The van der Waals surface area contributed by atoms with E-state index in [1.54, 1.807) is 55.4 Å². The van der Waals surface area contributed by atoms with Crippen molar-refractivity contribution >= 4 is 5.91 Å². The normalized spacial score (nSPS) is 11.7. The van der Waals surface area contributed by atoms with Gasteiger partial charge in [-0.25, -0.2) is 4.68 Å². The van der Waals surface area contributed by atoms with E-state index in [9.17, 15) is 9.90 Å². The third-order valence-electron chi connectivity index (χ3n) is 4.12. The van der Waals surface area contributed by atoms with E-state index >= 15 is 0 Å². The van der Waals surface area contributed by atoms with Crippen molar-refractivity contribution in [1.29, 1.82) is 0 Å². The minimum Gasteiger partial charge on any atom is -0.497 e. The molecule has 0 saturated heterocycles. The SMILES string of the molecule is COc1ccc(C(O)CNC(=O)c2ccn(-c3ccc(OC)cc3)n2)cc1. The first kappa shape index (κ1) is 18.5. The van der Waals surface area contributed by atoms with E-state index in [2.05, 4.69) is 10.4 Å². The highest BCUT2D eigenvalue weighted by atomic mass is 16.5. The maximum absolute atomic E-state index is 12.3. The number of hydrogen-bond acceptors (Lipinski definition) is 5. The molecule has 0 aliphatic carbocycles. The molecule has 2 aromatic carbocycles. The molecule has 3 rings (SSSR count). The first-order valence-electron chi connectivity index (χ1n) is 8.41. The van der Waals surface area contributed by atoms with E-state index in [0.717, 1.165) is 11.4 Å². The molecule has 0 aliphatic rings. The molecule has 3 aromatic rings. The predicted molar refractivity (Wildman–Crippen MR) is 100 cm³/mol. The van der Waals surface area contributed by atoms with Gasteiger partial charge in [0.2, 0.25) is 0 Å². The van der Waals surface area contributed by atoms with Gasteiger partial charge in [0.25, 0.3) is 5.91 Å². The summed E-state index contributed by atoms with van der Waals surface area (Å²) in [5.74, 6) is 1.10. The van der Waals surface area contributed by atoms with Gasteiger partial charge in [0.15, 0.2) is 5.69 Å². The molecule has 0 radical (unpaired) electrons. The van der Waals surface area contributed by atoms with Gasteiger partial charge in [0.05, 0.1) is 26.0 Å². The van der Waals surface area contributed by atoms with Crippen molar-refractivity contribution in [3.05, 3.63) is 72.1 Å². The molecule has 1 heterocycles. The van der Waals surface area contributed by atoms with Crippen LogP contribution < -0.4 is 14.8 Å². The van der Waals surface area contributed by atoms with Crippen LogP contribution >= 0.6 is 0 Å². The van der Waals surface area contributed by atoms with Crippen molar-refractivity contribution in [2.75, 3.05) is 20.8 Å². The zero-order valence-corrected chi connectivity index (χ0v) is 15.1. The molecule has 7 nitrogen and oxygen atoms in total. The smallest absolute Gasteiger partial charge is 0.271 e. The molecule has 140 valence electrons. The molecule has 1 unspecified atom stereocenters. The number of nitrogens with one attached hydrogen (secondary N) is 1. The first-order valence-corrected chi connectivity index (χ1v) is 8.41. The lowest BCUT2D eigenvalue weighted by atomic mass is 10.1. The minimum absolute atomic E-state index is 0.0839. The summed E-state index contributed by atoms with van der Waals surface area (Å²) in [6, 6.07) is 16.0. The molecule has 2 N–H and O–H groups in total. The van der Waals surface area contributed by atoms with Crippen LogP contribution in [0, 0.1) is 0 Å². The van der Waals surface area contributed by atoms with E-state index < -0.39 is 6.10 Å². The standard InChI is InChI=1S/C20H21N3O4/c1-26-16-7-3-14(4-8-16)19(24)13-21-20(25)18-11-12-23(22-18)15-5-9-17(27-2)10-6-15/h3-12,19,24H,13H2,1-2H3,(H,21,25). The average Bonchev–Trinajstić information content (AvgIpc) is 3.22. The van der Waals surface area contributed by atoms with Crippen LogP contribution in [0.15, 0.2) is 60.8 Å². The maximum atomic E-state index is 12.3. The number of hydrogen-bond donors (Lipinski definition) is 2. The molecule has 7 heteroatoms. The van der Waals surface area contributed by atoms with Gasteiger partial charge in [0.1, 0.15) is 11.5 Å². The Bertz CT molecular complexity index is 888. The number of benzene rings is 2. The third kappa shape index (κ3) is 4.45. The van der Waals surface area contributed by atoms with Gasteiger partial charge in [-0.15, -0.1) is 0 Å². The first-order chi connectivity index (χ1) is 13.1. The van der Waals surface area contributed by atoms with E-state index in [1.165, 1.54) is 0 Å². The van der Waals surface area contributed by atoms with Gasteiger partial charge in [-0.1, -0.05) is 12.1 Å². The van der Waals surface area contributed by atoms with Crippen molar-refractivity contribution in [2.45, 2.75) is 6.10 Å². The highest BCUT2D eigenvalue weighted by Gasteiger charge is 2.13. The lowest BCUT2D eigenvalue weighted by Crippen LogP contribution is -2.28. The number of aliphatic hydroxyl groups is 1. The van der Waals surface area contributed by atoms with E-state index in [-0.39, 0.29) is 18.1 Å². The molecule has 0 bridgehead atoms. The fraction of sp³-hybridized carbons (Fsp3) is 0.200. The summed E-state index contributed by atoms with van der Waals surface area (Å²) in [6.07, 6.45) is 0.889. The van der Waals surface area contributed by atoms with Crippen molar-refractivity contribution in [3.63, 3.8) is 0 Å². The number of ether oxygens (including phenoxy) is 2. The molecular weight excluding hydrogens is 346 g/mol. The van der Waals surface area contributed by atoms with Gasteiger partial charge in [0, 0.05) is 12.7 Å². The number of carbonyl (C=O) groups excluding carboxylic acids is 1. The number of nitrogens with zero attached hydrogens (tertiary/aromatic N) is 2. The summed E-state index contributed by atoms with van der Waals surface area (Å²) in [7, 11) is 3.18. The molecule has 1 aromatic heterocycles. The van der Waals surface area contributed by atoms with Gasteiger partial charge >= 0.3 is 0 Å². The van der Waals surface area contributed by atoms with Crippen LogP contribution in [0.25, 0.3) is 5.69 Å². The van der Waals surface area contributed by atoms with E-state index in [0.29, 0.717) is 11.3 Å². The molecule has 0 saturated carbocycles. The molecule has 0 fully saturated rings. The number of carbonyl (C=O) groups is 1. The number of aliphatic hydroxyl groups excluding tert-OH is 1. The second kappa shape index (κ2) is 8.37. The van der Waals surface area contributed by atoms with Crippen LogP contribution in [0.3, 0.4) is 0 Å². The summed E-state index contributed by atoms with van der Waals surface area (Å²) in [5, 5.41) is 17.2. The van der Waals surface area contributed by atoms with Crippen molar-refractivity contribution < 1.29 is 19.4 Å². The second-order valence-corrected chi connectivity index (χ2v) is 5.84. The topological polar surface area (TPSA) is 85.6 Å². The summed E-state index contributed by atoms with van der Waals surface area (Å²) < 4.78 is 11.8. The monoisotopic (exact) mass is 367 g/mol. The minimum atomic E-state index is -0.816. The Kier molecular flexibility index (Phi) is 5.73. The Labute approximate surface area is 157 Å². The zero-order chi connectivity index (χ0) is 19.2. The Morgan fingerprint density at radius 2 is 1.63 bits per heavy atom. The Morgan fingerprint density at radius 1 is 1.04 bits per heavy atom. The fourth-order valence-electron chi connectivity index (χ4n) is 2.55. The van der Waals surface area contributed by atoms with Crippen LogP contribution in [0.2, 0.25) is 0 Å². The number of methoxy groups -OCH3 is 2. The Morgan fingerprint density at radius 3 is 2.22 bits per heavy atom. The highest BCUT2D eigenvalue weighted by Crippen LogP contribution is 2.17. The highest BCUT2D eigenvalue weighted by molar-refractivity contribution is 5.92. The summed E-state index contributed by atoms with van der Waals surface area (Å²) >= 11 is 0. The van der Waals surface area contributed by atoms with Crippen LogP contribution in [0.1, 0.15) is 22.2 Å². The van der Waals surface area contributed by atoms with Gasteiger partial charge in [-0.3, -0.25) is 4.79 Å². The average molecular weight is 367 g/mol. The lowest BCUT2D eigenvalue weighted by Gasteiger charge is -2.12. The molecular formula is C20H21N3O4. The summed E-state index contributed by atoms with van der Waals surface area (Å²) in [5.41, 5.74) is 1.78. The zero-order valence-electron chi connectivity index (χ0n) is 15.1. The van der Waals surface area contributed by atoms with Gasteiger partial charge in [-0.2, -0.15) is 5.10 Å². The van der Waals surface area contributed by atoms with E-state index in [1.807, 2.05) is 24.3 Å². The quantitative estimate of drug-likeness (QED) is 0.670.